The van der Waals surface area contributed by atoms with Crippen LogP contribution in [0.2, 0.25) is 5.02 Å². The minimum Gasteiger partial charge on any atom is -0.497 e. The molecule has 2 aromatic carbocycles. The number of ether oxygens (including phenoxy) is 3. The molecule has 0 aliphatic heterocycles. The summed E-state index contributed by atoms with van der Waals surface area (Å²) in [4.78, 5) is 16.5. The summed E-state index contributed by atoms with van der Waals surface area (Å²) >= 11 is 6.22. The van der Waals surface area contributed by atoms with Gasteiger partial charge in [0.2, 0.25) is 0 Å². The molecule has 0 bridgehead atoms. The van der Waals surface area contributed by atoms with Gasteiger partial charge in [-0.15, -0.1) is 0 Å². The fourth-order valence-corrected chi connectivity index (χ4v) is 3.74. The van der Waals surface area contributed by atoms with Crippen molar-refractivity contribution in [3.8, 4) is 28.5 Å². The van der Waals surface area contributed by atoms with Gasteiger partial charge in [-0.3, -0.25) is 4.98 Å². The van der Waals surface area contributed by atoms with Crippen LogP contribution in [0.25, 0.3) is 11.3 Å². The Morgan fingerprint density at radius 1 is 1.00 bits per heavy atom. The van der Waals surface area contributed by atoms with Gasteiger partial charge in [0.15, 0.2) is 0 Å². The van der Waals surface area contributed by atoms with E-state index in [0.29, 0.717) is 48.9 Å². The predicted molar refractivity (Wildman–Crippen MR) is 134 cm³/mol. The van der Waals surface area contributed by atoms with Crippen molar-refractivity contribution in [2.75, 3.05) is 20.3 Å². The highest BCUT2D eigenvalue weighted by Gasteiger charge is 2.16. The number of halogens is 1. The minimum atomic E-state index is -1.00. The molecule has 34 heavy (non-hydrogen) atoms. The number of hydrogen-bond donors (Lipinski definition) is 1. The Morgan fingerprint density at radius 2 is 1.74 bits per heavy atom. The molecule has 0 spiro atoms. The van der Waals surface area contributed by atoms with Crippen LogP contribution in [0.4, 0.5) is 0 Å². The third kappa shape index (κ3) is 6.20. The van der Waals surface area contributed by atoms with Gasteiger partial charge in [0, 0.05) is 16.7 Å². The summed E-state index contributed by atoms with van der Waals surface area (Å²) in [5.41, 5.74) is 4.05. The highest BCUT2D eigenvalue weighted by Crippen LogP contribution is 2.33. The van der Waals surface area contributed by atoms with E-state index in [4.69, 9.17) is 30.8 Å². The first-order valence-electron chi connectivity index (χ1n) is 11.3. The van der Waals surface area contributed by atoms with Gasteiger partial charge in [-0.1, -0.05) is 18.5 Å². The van der Waals surface area contributed by atoms with Gasteiger partial charge in [0.05, 0.1) is 37.3 Å². The van der Waals surface area contributed by atoms with Gasteiger partial charge in [0.1, 0.15) is 17.2 Å². The number of aromatic nitrogens is 1. The zero-order valence-corrected chi connectivity index (χ0v) is 20.7. The van der Waals surface area contributed by atoms with Crippen LogP contribution >= 0.6 is 11.6 Å². The lowest BCUT2D eigenvalue weighted by molar-refractivity contribution is 0.0695. The monoisotopic (exact) mass is 483 g/mol. The van der Waals surface area contributed by atoms with Crippen LogP contribution in [0.15, 0.2) is 42.5 Å². The Kier molecular flexibility index (Phi) is 8.77. The lowest BCUT2D eigenvalue weighted by Crippen LogP contribution is -2.08. The summed E-state index contributed by atoms with van der Waals surface area (Å²) in [6.45, 7) is 6.90. The molecule has 0 amide bonds. The largest absolute Gasteiger partial charge is 0.497 e. The number of carbonyl (C=O) groups is 1. The molecule has 0 aliphatic carbocycles. The second-order valence-corrected chi connectivity index (χ2v) is 8.41. The first-order chi connectivity index (χ1) is 16.3. The summed E-state index contributed by atoms with van der Waals surface area (Å²) in [7, 11) is 1.60. The van der Waals surface area contributed by atoms with E-state index in [1.165, 1.54) is 0 Å². The van der Waals surface area contributed by atoms with Gasteiger partial charge < -0.3 is 19.3 Å². The van der Waals surface area contributed by atoms with Crippen molar-refractivity contribution >= 4 is 17.6 Å². The SMILES string of the molecule is CCCOc1cc(OC)ccc1-c1ccc(C(=O)O)c(CCCOc2cc(C)c(Cl)c(C)c2)n1. The average Bonchev–Trinajstić information content (AvgIpc) is 2.83. The van der Waals surface area contributed by atoms with Gasteiger partial charge >= 0.3 is 5.97 Å². The summed E-state index contributed by atoms with van der Waals surface area (Å²) in [6, 6.07) is 12.7. The minimum absolute atomic E-state index is 0.187. The molecule has 3 aromatic rings. The normalized spacial score (nSPS) is 10.7. The molecular formula is C27H30ClNO5. The number of methoxy groups -OCH3 is 1. The quantitative estimate of drug-likeness (QED) is 0.312. The molecule has 0 unspecified atom stereocenters. The Hall–Kier alpha value is -3.25. The second-order valence-electron chi connectivity index (χ2n) is 8.03. The lowest BCUT2D eigenvalue weighted by atomic mass is 10.0. The van der Waals surface area contributed by atoms with Crippen LogP contribution in [0, 0.1) is 13.8 Å². The first-order valence-corrected chi connectivity index (χ1v) is 11.7. The maximum absolute atomic E-state index is 11.8. The van der Waals surface area contributed by atoms with Gasteiger partial charge in [-0.25, -0.2) is 4.79 Å². The number of aryl methyl sites for hydroxylation is 3. The van der Waals surface area contributed by atoms with E-state index in [1.807, 2.05) is 51.1 Å². The average molecular weight is 484 g/mol. The lowest BCUT2D eigenvalue weighted by Gasteiger charge is -2.14. The number of carboxylic acids is 1. The van der Waals surface area contributed by atoms with Crippen molar-refractivity contribution in [3.63, 3.8) is 0 Å². The number of hydrogen-bond acceptors (Lipinski definition) is 5. The Labute approximate surface area is 205 Å². The molecule has 6 nitrogen and oxygen atoms in total. The van der Waals surface area contributed by atoms with Crippen LogP contribution < -0.4 is 14.2 Å². The van der Waals surface area contributed by atoms with Crippen LogP contribution in [0.3, 0.4) is 0 Å². The number of rotatable bonds is 11. The topological polar surface area (TPSA) is 77.9 Å². The highest BCUT2D eigenvalue weighted by atomic mass is 35.5. The van der Waals surface area contributed by atoms with E-state index in [0.717, 1.165) is 33.9 Å². The number of aromatic carboxylic acids is 1. The summed E-state index contributed by atoms with van der Waals surface area (Å²) in [5, 5.41) is 10.4. The summed E-state index contributed by atoms with van der Waals surface area (Å²) < 4.78 is 17.1. The van der Waals surface area contributed by atoms with Crippen molar-refractivity contribution in [2.45, 2.75) is 40.0 Å². The maximum Gasteiger partial charge on any atom is 0.337 e. The molecule has 7 heteroatoms. The molecule has 0 fully saturated rings. The fraction of sp³-hybridized carbons (Fsp3) is 0.333. The molecule has 180 valence electrons. The zero-order valence-electron chi connectivity index (χ0n) is 20.0. The third-order valence-electron chi connectivity index (χ3n) is 5.37. The zero-order chi connectivity index (χ0) is 24.7. The number of benzene rings is 2. The van der Waals surface area contributed by atoms with Gasteiger partial charge in [0.25, 0.3) is 0 Å². The second kappa shape index (κ2) is 11.7. The number of nitrogens with zero attached hydrogens (tertiary/aromatic N) is 1. The standard InChI is InChI=1S/C27H30ClNO5/c1-5-12-34-25-16-19(32-4)8-9-21(25)24-11-10-22(27(30)31)23(29-24)7-6-13-33-20-14-17(2)26(28)18(3)15-20/h8-11,14-16H,5-7,12-13H2,1-4H3,(H,30,31). The van der Waals surface area contributed by atoms with Crippen LogP contribution in [-0.2, 0) is 6.42 Å². The maximum atomic E-state index is 11.8. The van der Waals surface area contributed by atoms with Crippen molar-refractivity contribution in [1.82, 2.24) is 4.98 Å². The Morgan fingerprint density at radius 3 is 2.38 bits per heavy atom. The molecule has 3 rings (SSSR count). The molecular weight excluding hydrogens is 454 g/mol. The molecule has 0 saturated carbocycles. The van der Waals surface area contributed by atoms with Crippen LogP contribution in [-0.4, -0.2) is 36.4 Å². The van der Waals surface area contributed by atoms with E-state index in [-0.39, 0.29) is 5.56 Å². The van der Waals surface area contributed by atoms with Crippen LogP contribution in [0.5, 0.6) is 17.2 Å². The van der Waals surface area contributed by atoms with Crippen molar-refractivity contribution < 1.29 is 24.1 Å². The molecule has 0 atom stereocenters. The number of carboxylic acid groups (broad SMARTS) is 1. The molecule has 1 N–H and O–H groups in total. The van der Waals surface area contributed by atoms with Crippen molar-refractivity contribution in [3.05, 3.63) is 69.9 Å². The fourth-order valence-electron chi connectivity index (χ4n) is 3.63. The van der Waals surface area contributed by atoms with E-state index in [1.54, 1.807) is 19.2 Å². The van der Waals surface area contributed by atoms with E-state index in [2.05, 4.69) is 0 Å². The molecule has 0 saturated heterocycles. The predicted octanol–water partition coefficient (Wildman–Crippen LogP) is 6.53. The Balaban J connectivity index is 1.80. The number of pyridine rings is 1. The van der Waals surface area contributed by atoms with Gasteiger partial charge in [-0.05, 0) is 80.6 Å². The van der Waals surface area contributed by atoms with Gasteiger partial charge in [-0.2, -0.15) is 0 Å². The molecule has 0 radical (unpaired) electrons. The third-order valence-corrected chi connectivity index (χ3v) is 5.96. The van der Waals surface area contributed by atoms with Crippen molar-refractivity contribution in [2.24, 2.45) is 0 Å². The van der Waals surface area contributed by atoms with E-state index >= 15 is 0 Å². The molecule has 1 heterocycles. The van der Waals surface area contributed by atoms with Crippen LogP contribution in [0.1, 0.15) is 46.9 Å². The smallest absolute Gasteiger partial charge is 0.337 e. The molecule has 0 aliphatic rings. The Bertz CT molecular complexity index is 1140. The highest BCUT2D eigenvalue weighted by molar-refractivity contribution is 6.32. The van der Waals surface area contributed by atoms with Crippen molar-refractivity contribution in [1.29, 1.82) is 0 Å². The summed E-state index contributed by atoms with van der Waals surface area (Å²) in [6.07, 6.45) is 1.93. The first kappa shape index (κ1) is 25.4. The summed E-state index contributed by atoms with van der Waals surface area (Å²) in [5.74, 6) is 1.08. The molecule has 1 aromatic heterocycles. The van der Waals surface area contributed by atoms with E-state index in [9.17, 15) is 9.90 Å². The van der Waals surface area contributed by atoms with E-state index < -0.39 is 5.97 Å².